The van der Waals surface area contributed by atoms with E-state index in [-0.39, 0.29) is 0 Å². The topological polar surface area (TPSA) is 0 Å². The molecule has 0 spiro atoms. The van der Waals surface area contributed by atoms with Crippen LogP contribution in [0.5, 0.6) is 0 Å². The highest BCUT2D eigenvalue weighted by Gasteiger charge is 2.54. The highest BCUT2D eigenvalue weighted by molar-refractivity contribution is 7.34. The van der Waals surface area contributed by atoms with Gasteiger partial charge in [-0.2, -0.15) is 0 Å². The first-order valence-electron chi connectivity index (χ1n) is 17.3. The van der Waals surface area contributed by atoms with E-state index in [1.807, 2.05) is 22.7 Å². The molecule has 0 unspecified atom stereocenters. The third kappa shape index (κ3) is 3.91. The molecule has 0 saturated heterocycles. The van der Waals surface area contributed by atoms with Gasteiger partial charge in [-0.05, 0) is 87.1 Å². The van der Waals surface area contributed by atoms with E-state index in [1.165, 1.54) is 105 Å². The van der Waals surface area contributed by atoms with Crippen molar-refractivity contribution in [3.05, 3.63) is 186 Å². The van der Waals surface area contributed by atoms with E-state index in [0.29, 0.717) is 0 Å². The standard InChI is InChI=1S/C46H36S4/c1-25-7-15-31(16-8-25)45(32-17-9-26(2)10-18-32)35-23-29(5)47-39(35)41-37(45)43-44(49-41)38-42(50-43)40-36(24-30(6)48-40)46(38,33-19-11-27(3)12-20-33)34-21-13-28(4)14-22-34/h7-24H,1-6H3. The molecule has 0 bridgehead atoms. The maximum atomic E-state index is 2.49. The summed E-state index contributed by atoms with van der Waals surface area (Å²) in [4.78, 5) is 8.55. The van der Waals surface area contributed by atoms with Crippen LogP contribution in [0.3, 0.4) is 0 Å². The summed E-state index contributed by atoms with van der Waals surface area (Å²) in [7, 11) is 0. The lowest BCUT2D eigenvalue weighted by molar-refractivity contribution is 0.775. The van der Waals surface area contributed by atoms with Gasteiger partial charge in [-0.1, -0.05) is 119 Å². The van der Waals surface area contributed by atoms with E-state index in [9.17, 15) is 0 Å². The number of thiophene rings is 4. The van der Waals surface area contributed by atoms with Crippen LogP contribution in [0.4, 0.5) is 0 Å². The summed E-state index contributed by atoms with van der Waals surface area (Å²) >= 11 is 8.05. The predicted octanol–water partition coefficient (Wildman–Crippen LogP) is 13.7. The van der Waals surface area contributed by atoms with Gasteiger partial charge in [0.2, 0.25) is 0 Å². The van der Waals surface area contributed by atoms with Gasteiger partial charge in [-0.15, -0.1) is 45.3 Å². The number of aryl methyl sites for hydroxylation is 6. The monoisotopic (exact) mass is 716 g/mol. The molecule has 0 saturated carbocycles. The minimum atomic E-state index is -0.391. The van der Waals surface area contributed by atoms with Crippen LogP contribution < -0.4 is 0 Å². The lowest BCUT2D eigenvalue weighted by atomic mass is 9.67. The van der Waals surface area contributed by atoms with Crippen LogP contribution in [-0.4, -0.2) is 0 Å². The minimum absolute atomic E-state index is 0.391. The minimum Gasteiger partial charge on any atom is -0.139 e. The highest BCUT2D eigenvalue weighted by atomic mass is 32.1. The van der Waals surface area contributed by atoms with E-state index in [4.69, 9.17) is 0 Å². The maximum absolute atomic E-state index is 2.49. The van der Waals surface area contributed by atoms with Gasteiger partial charge in [0.25, 0.3) is 0 Å². The molecule has 4 aromatic carbocycles. The SMILES string of the molecule is Cc1ccc(C2(c3ccc(C)cc3)c3cc(C)sc3-c3sc4c5c(sc4c32)-c2sc(C)cc2C5(c2ccc(C)cc2)c2ccc(C)cc2)cc1. The molecule has 0 N–H and O–H groups in total. The quantitative estimate of drug-likeness (QED) is 0.170. The fourth-order valence-electron chi connectivity index (χ4n) is 8.87. The molecule has 0 aliphatic heterocycles. The average molecular weight is 717 g/mol. The van der Waals surface area contributed by atoms with Gasteiger partial charge in [0, 0.05) is 30.6 Å². The molecular formula is C46H36S4. The molecule has 244 valence electrons. The summed E-state index contributed by atoms with van der Waals surface area (Å²) in [5, 5.41) is 0. The Morgan fingerprint density at radius 2 is 0.620 bits per heavy atom. The zero-order valence-electron chi connectivity index (χ0n) is 29.0. The summed E-state index contributed by atoms with van der Waals surface area (Å²) in [5.74, 6) is 0. The van der Waals surface area contributed by atoms with E-state index in [2.05, 4.69) is 173 Å². The third-order valence-electron chi connectivity index (χ3n) is 11.1. The normalized spacial score (nSPS) is 14.9. The molecule has 4 heterocycles. The summed E-state index contributed by atoms with van der Waals surface area (Å²) in [6, 6.07) is 42.6. The van der Waals surface area contributed by atoms with E-state index in [0.717, 1.165) is 0 Å². The molecule has 0 fully saturated rings. The summed E-state index contributed by atoms with van der Waals surface area (Å²) < 4.78 is 2.91. The molecule has 4 heteroatoms. The Bertz CT molecular complexity index is 2340. The Hall–Kier alpha value is -4.06. The van der Waals surface area contributed by atoms with Gasteiger partial charge in [0.1, 0.15) is 0 Å². The predicted molar refractivity (Wildman–Crippen MR) is 218 cm³/mol. The van der Waals surface area contributed by atoms with Crippen molar-refractivity contribution in [2.24, 2.45) is 0 Å². The van der Waals surface area contributed by atoms with E-state index in [1.54, 1.807) is 0 Å². The largest absolute Gasteiger partial charge is 0.139 e. The molecule has 4 aromatic heterocycles. The van der Waals surface area contributed by atoms with Crippen LogP contribution in [0.25, 0.3) is 28.9 Å². The number of rotatable bonds is 4. The molecule has 2 aliphatic rings. The van der Waals surface area contributed by atoms with Gasteiger partial charge >= 0.3 is 0 Å². The van der Waals surface area contributed by atoms with Crippen molar-refractivity contribution in [1.82, 2.24) is 0 Å². The number of benzene rings is 4. The second kappa shape index (κ2) is 10.7. The Labute approximate surface area is 310 Å². The lowest BCUT2D eigenvalue weighted by Gasteiger charge is -2.34. The van der Waals surface area contributed by atoms with Crippen LogP contribution in [-0.2, 0) is 10.8 Å². The summed E-state index contributed by atoms with van der Waals surface area (Å²) in [6.07, 6.45) is 0. The van der Waals surface area contributed by atoms with Crippen molar-refractivity contribution in [2.75, 3.05) is 0 Å². The fraction of sp³-hybridized carbons (Fsp3) is 0.174. The van der Waals surface area contributed by atoms with Gasteiger partial charge < -0.3 is 0 Å². The highest BCUT2D eigenvalue weighted by Crippen LogP contribution is 2.69. The molecule has 8 aromatic rings. The van der Waals surface area contributed by atoms with E-state index < -0.39 is 10.8 Å². The second-order valence-electron chi connectivity index (χ2n) is 14.4. The third-order valence-corrected chi connectivity index (χ3v) is 16.1. The smallest absolute Gasteiger partial charge is 0.0744 e. The van der Waals surface area contributed by atoms with Crippen molar-refractivity contribution in [3.63, 3.8) is 0 Å². The zero-order chi connectivity index (χ0) is 34.1. The molecule has 50 heavy (non-hydrogen) atoms. The fourth-order valence-corrected chi connectivity index (χ4v) is 14.4. The van der Waals surface area contributed by atoms with E-state index >= 15 is 0 Å². The Morgan fingerprint density at radius 1 is 0.340 bits per heavy atom. The first kappa shape index (κ1) is 30.7. The molecule has 10 rings (SSSR count). The van der Waals surface area contributed by atoms with Gasteiger partial charge in [-0.3, -0.25) is 0 Å². The van der Waals surface area contributed by atoms with Crippen LogP contribution in [0.1, 0.15) is 76.5 Å². The van der Waals surface area contributed by atoms with Crippen LogP contribution in [0.15, 0.2) is 109 Å². The second-order valence-corrected chi connectivity index (χ2v) is 19.0. The number of hydrogen-bond acceptors (Lipinski definition) is 4. The molecule has 0 radical (unpaired) electrons. The van der Waals surface area contributed by atoms with Crippen molar-refractivity contribution in [1.29, 1.82) is 0 Å². The number of fused-ring (bicyclic) bond motifs is 9. The van der Waals surface area contributed by atoms with Gasteiger partial charge in [0.05, 0.1) is 30.0 Å². The first-order valence-corrected chi connectivity index (χ1v) is 20.6. The van der Waals surface area contributed by atoms with Crippen LogP contribution in [0, 0.1) is 41.5 Å². The first-order chi connectivity index (χ1) is 24.2. The van der Waals surface area contributed by atoms with Crippen molar-refractivity contribution >= 4 is 54.7 Å². The average Bonchev–Trinajstić information content (AvgIpc) is 3.92. The summed E-state index contributed by atoms with van der Waals surface area (Å²) in [6.45, 7) is 13.4. The van der Waals surface area contributed by atoms with Crippen molar-refractivity contribution in [3.8, 4) is 19.5 Å². The van der Waals surface area contributed by atoms with Crippen molar-refractivity contribution in [2.45, 2.75) is 52.4 Å². The molecule has 0 nitrogen and oxygen atoms in total. The number of hydrogen-bond donors (Lipinski definition) is 0. The van der Waals surface area contributed by atoms with Gasteiger partial charge in [-0.25, -0.2) is 0 Å². The molecule has 2 aliphatic carbocycles. The Kier molecular flexibility index (Phi) is 6.59. The molecule has 0 atom stereocenters. The van der Waals surface area contributed by atoms with Crippen molar-refractivity contribution < 1.29 is 0 Å². The maximum Gasteiger partial charge on any atom is 0.0744 e. The Morgan fingerprint density at radius 3 is 0.900 bits per heavy atom. The summed E-state index contributed by atoms with van der Waals surface area (Å²) in [5.41, 5.74) is 15.7. The molecular weight excluding hydrogens is 681 g/mol. The zero-order valence-corrected chi connectivity index (χ0v) is 32.3. The van der Waals surface area contributed by atoms with Gasteiger partial charge in [0.15, 0.2) is 0 Å². The lowest BCUT2D eigenvalue weighted by Crippen LogP contribution is -2.28. The molecule has 0 amide bonds. The Balaban J connectivity index is 1.38. The van der Waals surface area contributed by atoms with Crippen LogP contribution in [0.2, 0.25) is 0 Å². The van der Waals surface area contributed by atoms with Crippen LogP contribution >= 0.6 is 45.3 Å².